The van der Waals surface area contributed by atoms with Gasteiger partial charge < -0.3 is 4.90 Å². The highest BCUT2D eigenvalue weighted by Crippen LogP contribution is 2.34. The maximum Gasteiger partial charge on any atom is 0.230 e. The summed E-state index contributed by atoms with van der Waals surface area (Å²) >= 11 is 8.90. The van der Waals surface area contributed by atoms with Gasteiger partial charge in [0.25, 0.3) is 0 Å². The zero-order valence-corrected chi connectivity index (χ0v) is 18.8. The molecule has 0 saturated carbocycles. The fourth-order valence-corrected chi connectivity index (χ4v) is 4.66. The third-order valence-electron chi connectivity index (χ3n) is 3.98. The summed E-state index contributed by atoms with van der Waals surface area (Å²) in [6.07, 6.45) is 2.09. The van der Waals surface area contributed by atoms with Crippen LogP contribution in [0.4, 0.5) is 11.6 Å². The van der Waals surface area contributed by atoms with E-state index in [0.717, 1.165) is 38.1 Å². The Hall–Kier alpha value is -1.37. The van der Waals surface area contributed by atoms with Crippen molar-refractivity contribution < 1.29 is 0 Å². The average molecular weight is 493 g/mol. The Morgan fingerprint density at radius 3 is 2.50 bits per heavy atom. The Balaban J connectivity index is 2.11. The average Bonchev–Trinajstić information content (AvgIpc) is 2.63. The number of aromatic nitrogens is 2. The fourth-order valence-electron chi connectivity index (χ4n) is 2.79. The Labute approximate surface area is 175 Å². The van der Waals surface area contributed by atoms with Gasteiger partial charge in [0.05, 0.1) is 11.4 Å². The maximum atomic E-state index is 4.89. The van der Waals surface area contributed by atoms with E-state index in [1.807, 2.05) is 25.1 Å². The van der Waals surface area contributed by atoms with Crippen molar-refractivity contribution >= 4 is 55.3 Å². The lowest BCUT2D eigenvalue weighted by Crippen LogP contribution is -2.20. The minimum atomic E-state index is 0.710. The Kier molecular flexibility index (Phi) is 6.37. The number of anilines is 2. The summed E-state index contributed by atoms with van der Waals surface area (Å²) < 4.78 is 2.04. The Morgan fingerprint density at radius 1 is 1.04 bits per heavy atom. The molecule has 1 heterocycles. The second-order valence-corrected chi connectivity index (χ2v) is 8.35. The van der Waals surface area contributed by atoms with Gasteiger partial charge >= 0.3 is 0 Å². The van der Waals surface area contributed by atoms with Crippen molar-refractivity contribution in [3.05, 3.63) is 63.2 Å². The lowest BCUT2D eigenvalue weighted by Gasteiger charge is -2.23. The molecule has 0 saturated heterocycles. The number of aryl methyl sites for hydroxylation is 1. The van der Waals surface area contributed by atoms with Crippen molar-refractivity contribution in [1.29, 1.82) is 0 Å². The molecule has 0 atom stereocenters. The molecule has 3 rings (SSSR count). The van der Waals surface area contributed by atoms with Crippen LogP contribution in [0.3, 0.4) is 0 Å². The normalized spacial score (nSPS) is 10.8. The Morgan fingerprint density at radius 2 is 1.81 bits per heavy atom. The van der Waals surface area contributed by atoms with Crippen LogP contribution in [0.5, 0.6) is 0 Å². The van der Waals surface area contributed by atoms with Gasteiger partial charge in [-0.2, -0.15) is 0 Å². The van der Waals surface area contributed by atoms with E-state index in [9.17, 15) is 0 Å². The maximum absolute atomic E-state index is 4.89. The first-order valence-corrected chi connectivity index (χ1v) is 11.1. The second kappa shape index (κ2) is 8.55. The number of thioether (sulfide) groups is 1. The molecule has 0 radical (unpaired) electrons. The molecule has 6 heteroatoms. The van der Waals surface area contributed by atoms with Crippen LogP contribution in [-0.4, -0.2) is 22.8 Å². The molecule has 3 nitrogen and oxygen atoms in total. The quantitative estimate of drug-likeness (QED) is 0.364. The van der Waals surface area contributed by atoms with E-state index in [1.54, 1.807) is 11.8 Å². The van der Waals surface area contributed by atoms with Crippen LogP contribution in [0.15, 0.2) is 62.4 Å². The van der Waals surface area contributed by atoms with Crippen LogP contribution in [0.1, 0.15) is 12.6 Å². The third-order valence-corrected chi connectivity index (χ3v) is 5.91. The topological polar surface area (TPSA) is 29.0 Å². The van der Waals surface area contributed by atoms with E-state index in [0.29, 0.717) is 5.95 Å². The standard InChI is InChI=1S/C20H19Br2N3S/c1-4-25(18-10-9-14(21)12-16(18)22)20-23-13(2)11-17(24-20)15-7-5-6-8-19(15)26-3/h5-12H,4H2,1-3H3. The van der Waals surface area contributed by atoms with Crippen LogP contribution in [0, 0.1) is 6.92 Å². The van der Waals surface area contributed by atoms with Crippen molar-refractivity contribution in [3.8, 4) is 11.3 Å². The van der Waals surface area contributed by atoms with Gasteiger partial charge in [-0.1, -0.05) is 34.1 Å². The number of hydrogen-bond donors (Lipinski definition) is 0. The minimum Gasteiger partial charge on any atom is -0.310 e. The smallest absolute Gasteiger partial charge is 0.230 e. The molecule has 0 bridgehead atoms. The molecule has 2 aromatic carbocycles. The lowest BCUT2D eigenvalue weighted by molar-refractivity contribution is 0.933. The highest BCUT2D eigenvalue weighted by atomic mass is 79.9. The monoisotopic (exact) mass is 491 g/mol. The zero-order chi connectivity index (χ0) is 18.7. The fraction of sp³-hybridized carbons (Fsp3) is 0.200. The summed E-state index contributed by atoms with van der Waals surface area (Å²) in [7, 11) is 0. The van der Waals surface area contributed by atoms with Gasteiger partial charge in [-0.3, -0.25) is 0 Å². The first-order valence-electron chi connectivity index (χ1n) is 8.25. The predicted octanol–water partition coefficient (Wildman–Crippen LogP) is 6.86. The molecule has 0 unspecified atom stereocenters. The van der Waals surface area contributed by atoms with E-state index in [1.165, 1.54) is 4.90 Å². The SMILES string of the molecule is CCN(c1nc(C)cc(-c2ccccc2SC)n1)c1ccc(Br)cc1Br. The van der Waals surface area contributed by atoms with Crippen LogP contribution >= 0.6 is 43.6 Å². The molecule has 3 aromatic rings. The van der Waals surface area contributed by atoms with Gasteiger partial charge in [0, 0.05) is 31.6 Å². The molecule has 0 amide bonds. The predicted molar refractivity (Wildman–Crippen MR) is 119 cm³/mol. The van der Waals surface area contributed by atoms with E-state index in [-0.39, 0.29) is 0 Å². The molecule has 0 aliphatic heterocycles. The molecule has 0 N–H and O–H groups in total. The molecule has 0 aliphatic rings. The molecule has 0 spiro atoms. The number of benzene rings is 2. The van der Waals surface area contributed by atoms with Gasteiger partial charge in [-0.15, -0.1) is 11.8 Å². The molecule has 1 aromatic heterocycles. The van der Waals surface area contributed by atoms with Gasteiger partial charge in [-0.05, 0) is 66.4 Å². The van der Waals surface area contributed by atoms with Gasteiger partial charge in [0.1, 0.15) is 0 Å². The van der Waals surface area contributed by atoms with Gasteiger partial charge in [0.2, 0.25) is 5.95 Å². The van der Waals surface area contributed by atoms with Crippen molar-refractivity contribution in [3.63, 3.8) is 0 Å². The second-order valence-electron chi connectivity index (χ2n) is 5.73. The van der Waals surface area contributed by atoms with Crippen LogP contribution < -0.4 is 4.90 Å². The summed E-state index contributed by atoms with van der Waals surface area (Å²) in [6.45, 7) is 4.89. The van der Waals surface area contributed by atoms with E-state index >= 15 is 0 Å². The molecule has 134 valence electrons. The number of hydrogen-bond acceptors (Lipinski definition) is 4. The summed E-state index contributed by atoms with van der Waals surface area (Å²) in [6, 6.07) is 16.5. The van der Waals surface area contributed by atoms with Crippen LogP contribution in [0.25, 0.3) is 11.3 Å². The lowest BCUT2D eigenvalue weighted by atomic mass is 10.1. The first-order chi connectivity index (χ1) is 12.5. The molecule has 26 heavy (non-hydrogen) atoms. The third kappa shape index (κ3) is 4.13. The van der Waals surface area contributed by atoms with Gasteiger partial charge in [-0.25, -0.2) is 9.97 Å². The van der Waals surface area contributed by atoms with Crippen molar-refractivity contribution in [2.75, 3.05) is 17.7 Å². The van der Waals surface area contributed by atoms with Crippen molar-refractivity contribution in [1.82, 2.24) is 9.97 Å². The van der Waals surface area contributed by atoms with Crippen molar-refractivity contribution in [2.24, 2.45) is 0 Å². The van der Waals surface area contributed by atoms with Crippen LogP contribution in [-0.2, 0) is 0 Å². The first kappa shape index (κ1) is 19.4. The molecular weight excluding hydrogens is 474 g/mol. The summed E-state index contributed by atoms with van der Waals surface area (Å²) in [5.41, 5.74) is 4.08. The van der Waals surface area contributed by atoms with Gasteiger partial charge in [0.15, 0.2) is 0 Å². The van der Waals surface area contributed by atoms with E-state index in [4.69, 9.17) is 9.97 Å². The summed E-state index contributed by atoms with van der Waals surface area (Å²) in [4.78, 5) is 12.9. The molecule has 0 aliphatic carbocycles. The number of halogens is 2. The number of nitrogens with zero attached hydrogens (tertiary/aromatic N) is 3. The Bertz CT molecular complexity index is 931. The summed E-state index contributed by atoms with van der Waals surface area (Å²) in [5.74, 6) is 0.710. The highest BCUT2D eigenvalue weighted by Gasteiger charge is 2.16. The van der Waals surface area contributed by atoms with Crippen LogP contribution in [0.2, 0.25) is 0 Å². The molecule has 0 fully saturated rings. The summed E-state index contributed by atoms with van der Waals surface area (Å²) in [5, 5.41) is 0. The van der Waals surface area contributed by atoms with Crippen molar-refractivity contribution in [2.45, 2.75) is 18.7 Å². The minimum absolute atomic E-state index is 0.710. The largest absolute Gasteiger partial charge is 0.310 e. The number of rotatable bonds is 5. The van der Waals surface area contributed by atoms with E-state index in [2.05, 4.69) is 80.3 Å². The highest BCUT2D eigenvalue weighted by molar-refractivity contribution is 9.11. The zero-order valence-electron chi connectivity index (χ0n) is 14.8. The molecular formula is C20H19Br2N3S. The van der Waals surface area contributed by atoms with E-state index < -0.39 is 0 Å².